The summed E-state index contributed by atoms with van der Waals surface area (Å²) in [5.41, 5.74) is 1.29. The predicted octanol–water partition coefficient (Wildman–Crippen LogP) is 1.09. The highest BCUT2D eigenvalue weighted by molar-refractivity contribution is 5.15. The lowest BCUT2D eigenvalue weighted by atomic mass is 9.99. The van der Waals surface area contributed by atoms with Gasteiger partial charge in [0.25, 0.3) is 0 Å². The van der Waals surface area contributed by atoms with Crippen molar-refractivity contribution in [2.45, 2.75) is 13.0 Å². The first-order chi connectivity index (χ1) is 8.42. The molecule has 88 valence electrons. The van der Waals surface area contributed by atoms with E-state index >= 15 is 0 Å². The molecule has 0 unspecified atom stereocenters. The maximum atomic E-state index is 4.22. The van der Waals surface area contributed by atoms with Crippen molar-refractivity contribution in [1.82, 2.24) is 20.1 Å². The molecule has 1 aromatic heterocycles. The first-order valence-corrected chi connectivity index (χ1v) is 6.03. The number of benzene rings is 1. The highest BCUT2D eigenvalue weighted by Crippen LogP contribution is 2.12. The van der Waals surface area contributed by atoms with Crippen LogP contribution >= 0.6 is 0 Å². The van der Waals surface area contributed by atoms with Gasteiger partial charge in [0.2, 0.25) is 0 Å². The van der Waals surface area contributed by atoms with Crippen LogP contribution in [0.2, 0.25) is 0 Å². The zero-order valence-electron chi connectivity index (χ0n) is 9.71. The van der Waals surface area contributed by atoms with Crippen LogP contribution in [-0.2, 0) is 13.0 Å². The monoisotopic (exact) mass is 228 g/mol. The van der Waals surface area contributed by atoms with E-state index in [0.29, 0.717) is 0 Å². The molecule has 1 fully saturated rings. The van der Waals surface area contributed by atoms with Crippen LogP contribution in [0.4, 0.5) is 0 Å². The molecule has 0 bridgehead atoms. The predicted molar refractivity (Wildman–Crippen MR) is 65.6 cm³/mol. The molecule has 2 heterocycles. The summed E-state index contributed by atoms with van der Waals surface area (Å²) in [6.07, 6.45) is 2.86. The second-order valence-corrected chi connectivity index (χ2v) is 4.59. The van der Waals surface area contributed by atoms with E-state index in [1.54, 1.807) is 0 Å². The number of hydrogen-bond acceptors (Lipinski definition) is 3. The van der Waals surface area contributed by atoms with Gasteiger partial charge in [0.1, 0.15) is 12.2 Å². The quantitative estimate of drug-likeness (QED) is 0.851. The highest BCUT2D eigenvalue weighted by Gasteiger charge is 2.19. The average Bonchev–Trinajstić information content (AvgIpc) is 2.72. The molecule has 0 aliphatic carbocycles. The third-order valence-electron chi connectivity index (χ3n) is 3.23. The third-order valence-corrected chi connectivity index (χ3v) is 3.23. The van der Waals surface area contributed by atoms with Crippen molar-refractivity contribution in [3.05, 3.63) is 48.0 Å². The van der Waals surface area contributed by atoms with Gasteiger partial charge >= 0.3 is 0 Å². The lowest BCUT2D eigenvalue weighted by Crippen LogP contribution is -2.43. The van der Waals surface area contributed by atoms with Crippen LogP contribution in [-0.4, -0.2) is 27.9 Å². The Bertz CT molecular complexity index is 473. The number of rotatable bonds is 4. The van der Waals surface area contributed by atoms with Crippen LogP contribution in [0, 0.1) is 5.92 Å². The maximum absolute atomic E-state index is 4.22. The Balaban J connectivity index is 1.72. The standard InChI is InChI=1S/C13H16N4/c1-2-4-11(5-3-1)9-17-10-15-16-13(17)6-12-7-14-8-12/h1-5,10,12,14H,6-9H2. The van der Waals surface area contributed by atoms with Gasteiger partial charge in [-0.05, 0) is 24.6 Å². The molecule has 1 aromatic carbocycles. The molecule has 0 amide bonds. The molecule has 2 aromatic rings. The topological polar surface area (TPSA) is 42.7 Å². The van der Waals surface area contributed by atoms with Gasteiger partial charge < -0.3 is 9.88 Å². The Morgan fingerprint density at radius 2 is 2.06 bits per heavy atom. The van der Waals surface area contributed by atoms with Crippen LogP contribution in [0.3, 0.4) is 0 Å². The highest BCUT2D eigenvalue weighted by atomic mass is 15.3. The van der Waals surface area contributed by atoms with Crippen molar-refractivity contribution in [3.8, 4) is 0 Å². The normalized spacial score (nSPS) is 15.8. The third kappa shape index (κ3) is 2.36. The van der Waals surface area contributed by atoms with Crippen molar-refractivity contribution >= 4 is 0 Å². The van der Waals surface area contributed by atoms with E-state index in [9.17, 15) is 0 Å². The lowest BCUT2D eigenvalue weighted by molar-refractivity contribution is 0.337. The van der Waals surface area contributed by atoms with Crippen molar-refractivity contribution < 1.29 is 0 Å². The maximum Gasteiger partial charge on any atom is 0.133 e. The summed E-state index contributed by atoms with van der Waals surface area (Å²) in [4.78, 5) is 0. The fourth-order valence-corrected chi connectivity index (χ4v) is 2.10. The molecule has 0 radical (unpaired) electrons. The first-order valence-electron chi connectivity index (χ1n) is 6.03. The number of nitrogens with one attached hydrogen (secondary N) is 1. The number of aromatic nitrogens is 3. The average molecular weight is 228 g/mol. The Morgan fingerprint density at radius 3 is 2.76 bits per heavy atom. The van der Waals surface area contributed by atoms with Crippen molar-refractivity contribution in [3.63, 3.8) is 0 Å². The van der Waals surface area contributed by atoms with Gasteiger partial charge in [0, 0.05) is 6.42 Å². The molecular weight excluding hydrogens is 212 g/mol. The molecule has 4 nitrogen and oxygen atoms in total. The molecule has 1 aliphatic heterocycles. The van der Waals surface area contributed by atoms with Gasteiger partial charge in [-0.25, -0.2) is 0 Å². The van der Waals surface area contributed by atoms with Gasteiger partial charge in [-0.2, -0.15) is 0 Å². The Labute approximate surface area is 101 Å². The summed E-state index contributed by atoms with van der Waals surface area (Å²) in [6, 6.07) is 10.4. The summed E-state index contributed by atoms with van der Waals surface area (Å²) in [7, 11) is 0. The summed E-state index contributed by atoms with van der Waals surface area (Å²) in [5.74, 6) is 1.83. The van der Waals surface area contributed by atoms with Crippen molar-refractivity contribution in [1.29, 1.82) is 0 Å². The second kappa shape index (κ2) is 4.67. The molecule has 0 spiro atoms. The van der Waals surface area contributed by atoms with Gasteiger partial charge in [-0.3, -0.25) is 0 Å². The Morgan fingerprint density at radius 1 is 1.24 bits per heavy atom. The van der Waals surface area contributed by atoms with Crippen molar-refractivity contribution in [2.24, 2.45) is 5.92 Å². The van der Waals surface area contributed by atoms with E-state index < -0.39 is 0 Å². The Hall–Kier alpha value is -1.68. The minimum Gasteiger partial charge on any atom is -0.316 e. The molecule has 17 heavy (non-hydrogen) atoms. The van der Waals surface area contributed by atoms with E-state index in [2.05, 4.69) is 44.3 Å². The largest absolute Gasteiger partial charge is 0.316 e. The summed E-state index contributed by atoms with van der Waals surface area (Å²) >= 11 is 0. The van der Waals surface area contributed by atoms with Crippen LogP contribution in [0.5, 0.6) is 0 Å². The molecular formula is C13H16N4. The SMILES string of the molecule is c1ccc(Cn2cnnc2CC2CNC2)cc1. The van der Waals surface area contributed by atoms with E-state index in [1.165, 1.54) is 5.56 Å². The first kappa shape index (κ1) is 10.5. The van der Waals surface area contributed by atoms with Crippen LogP contribution < -0.4 is 5.32 Å². The zero-order valence-corrected chi connectivity index (χ0v) is 9.71. The zero-order chi connectivity index (χ0) is 11.5. The minimum atomic E-state index is 0.730. The number of nitrogens with zero attached hydrogens (tertiary/aromatic N) is 3. The molecule has 0 saturated carbocycles. The van der Waals surface area contributed by atoms with Gasteiger partial charge in [0.05, 0.1) is 6.54 Å². The van der Waals surface area contributed by atoms with Gasteiger partial charge in [-0.15, -0.1) is 10.2 Å². The van der Waals surface area contributed by atoms with E-state index in [-0.39, 0.29) is 0 Å². The lowest BCUT2D eigenvalue weighted by Gasteiger charge is -2.26. The van der Waals surface area contributed by atoms with E-state index in [1.807, 2.05) is 12.4 Å². The summed E-state index contributed by atoms with van der Waals surface area (Å²) in [5, 5.41) is 11.5. The fraction of sp³-hybridized carbons (Fsp3) is 0.385. The molecule has 1 N–H and O–H groups in total. The minimum absolute atomic E-state index is 0.730. The van der Waals surface area contributed by atoms with Crippen LogP contribution in [0.1, 0.15) is 11.4 Å². The molecule has 1 saturated heterocycles. The summed E-state index contributed by atoms with van der Waals surface area (Å²) < 4.78 is 2.15. The smallest absolute Gasteiger partial charge is 0.133 e. The van der Waals surface area contributed by atoms with Crippen molar-refractivity contribution in [2.75, 3.05) is 13.1 Å². The van der Waals surface area contributed by atoms with Gasteiger partial charge in [-0.1, -0.05) is 30.3 Å². The van der Waals surface area contributed by atoms with Crippen LogP contribution in [0.25, 0.3) is 0 Å². The van der Waals surface area contributed by atoms with Gasteiger partial charge in [0.15, 0.2) is 0 Å². The second-order valence-electron chi connectivity index (χ2n) is 4.59. The molecule has 1 aliphatic rings. The van der Waals surface area contributed by atoms with Crippen LogP contribution in [0.15, 0.2) is 36.7 Å². The summed E-state index contributed by atoms with van der Waals surface area (Å²) in [6.45, 7) is 3.08. The molecule has 0 atom stereocenters. The fourth-order valence-electron chi connectivity index (χ4n) is 2.10. The van der Waals surface area contributed by atoms with E-state index in [4.69, 9.17) is 0 Å². The molecule has 3 rings (SSSR count). The van der Waals surface area contributed by atoms with E-state index in [0.717, 1.165) is 37.8 Å². The number of hydrogen-bond donors (Lipinski definition) is 1. The molecule has 4 heteroatoms. The Kier molecular flexibility index (Phi) is 2.88.